The number of unbranched alkanes of at least 4 members (excludes halogenated alkanes) is 1. The molecule has 0 fully saturated rings. The molecule has 0 radical (unpaired) electrons. The molecule has 0 amide bonds. The highest BCUT2D eigenvalue weighted by atomic mass is 32.2. The van der Waals surface area contributed by atoms with Crippen LogP contribution in [0.5, 0.6) is 0 Å². The molecule has 0 spiro atoms. The van der Waals surface area contributed by atoms with Gasteiger partial charge in [0.15, 0.2) is 0 Å². The molecule has 0 heterocycles. The minimum Gasteiger partial charge on any atom is -0.165 e. The largest absolute Gasteiger partial charge is 0.165 e. The van der Waals surface area contributed by atoms with E-state index in [2.05, 4.69) is 27.0 Å². The monoisotopic (exact) mass is 160 g/mol. The van der Waals surface area contributed by atoms with E-state index in [0.29, 0.717) is 5.41 Å². The van der Waals surface area contributed by atoms with Crippen LogP contribution in [-0.4, -0.2) is 12.0 Å². The van der Waals surface area contributed by atoms with E-state index in [-0.39, 0.29) is 0 Å². The minimum absolute atomic E-state index is 0.540. The Bertz CT molecular complexity index is 71.3. The van der Waals surface area contributed by atoms with E-state index in [1.165, 1.54) is 25.0 Å². The molecule has 1 heteroatoms. The van der Waals surface area contributed by atoms with Crippen LogP contribution in [0.25, 0.3) is 0 Å². The average Bonchev–Trinajstić information content (AvgIpc) is 1.78. The van der Waals surface area contributed by atoms with Crippen LogP contribution in [0.1, 0.15) is 40.0 Å². The van der Waals surface area contributed by atoms with Crippen molar-refractivity contribution >= 4 is 11.8 Å². The van der Waals surface area contributed by atoms with E-state index in [9.17, 15) is 0 Å². The van der Waals surface area contributed by atoms with E-state index in [1.807, 2.05) is 11.8 Å². The lowest BCUT2D eigenvalue weighted by molar-refractivity contribution is 0.364. The van der Waals surface area contributed by atoms with Crippen molar-refractivity contribution in [3.63, 3.8) is 0 Å². The molecule has 0 saturated heterocycles. The van der Waals surface area contributed by atoms with Gasteiger partial charge in [-0.05, 0) is 30.3 Å². The van der Waals surface area contributed by atoms with Crippen molar-refractivity contribution in [3.8, 4) is 0 Å². The van der Waals surface area contributed by atoms with Gasteiger partial charge in [0.25, 0.3) is 0 Å². The zero-order chi connectivity index (χ0) is 8.04. The minimum atomic E-state index is 0.540. The molecule has 0 nitrogen and oxygen atoms in total. The summed E-state index contributed by atoms with van der Waals surface area (Å²) in [4.78, 5) is 0. The van der Waals surface area contributed by atoms with Crippen molar-refractivity contribution in [2.75, 3.05) is 12.0 Å². The van der Waals surface area contributed by atoms with Crippen LogP contribution in [0.3, 0.4) is 0 Å². The molecule has 0 unspecified atom stereocenters. The topological polar surface area (TPSA) is 0 Å². The Kier molecular flexibility index (Phi) is 5.24. The third-order valence-corrected chi connectivity index (χ3v) is 2.22. The van der Waals surface area contributed by atoms with Gasteiger partial charge in [-0.15, -0.1) is 0 Å². The highest BCUT2D eigenvalue weighted by Crippen LogP contribution is 2.21. The van der Waals surface area contributed by atoms with Crippen LogP contribution in [0.2, 0.25) is 0 Å². The summed E-state index contributed by atoms with van der Waals surface area (Å²) in [6, 6.07) is 0. The summed E-state index contributed by atoms with van der Waals surface area (Å²) in [6.45, 7) is 6.93. The van der Waals surface area contributed by atoms with Crippen LogP contribution in [0.15, 0.2) is 0 Å². The summed E-state index contributed by atoms with van der Waals surface area (Å²) in [5.41, 5.74) is 0.540. The maximum absolute atomic E-state index is 2.31. The third kappa shape index (κ3) is 8.35. The second-order valence-electron chi connectivity index (χ2n) is 4.01. The highest BCUT2D eigenvalue weighted by Gasteiger charge is 2.08. The second kappa shape index (κ2) is 5.06. The fourth-order valence-corrected chi connectivity index (χ4v) is 1.39. The van der Waals surface area contributed by atoms with Crippen LogP contribution < -0.4 is 0 Å². The molecule has 62 valence electrons. The maximum atomic E-state index is 2.31. The van der Waals surface area contributed by atoms with Crippen molar-refractivity contribution in [2.24, 2.45) is 5.41 Å². The van der Waals surface area contributed by atoms with Crippen molar-refractivity contribution in [2.45, 2.75) is 40.0 Å². The van der Waals surface area contributed by atoms with E-state index < -0.39 is 0 Å². The Hall–Kier alpha value is 0.350. The molecule has 0 N–H and O–H groups in total. The lowest BCUT2D eigenvalue weighted by Crippen LogP contribution is -2.04. The number of thioether (sulfide) groups is 1. The van der Waals surface area contributed by atoms with Crippen LogP contribution >= 0.6 is 11.8 Å². The summed E-state index contributed by atoms with van der Waals surface area (Å²) in [7, 11) is 0. The van der Waals surface area contributed by atoms with Crippen LogP contribution in [0.4, 0.5) is 0 Å². The van der Waals surface area contributed by atoms with E-state index in [0.717, 1.165) is 0 Å². The first kappa shape index (κ1) is 10.3. The molecule has 10 heavy (non-hydrogen) atoms. The summed E-state index contributed by atoms with van der Waals surface area (Å²) in [5, 5.41) is 0. The Morgan fingerprint density at radius 3 is 2.10 bits per heavy atom. The van der Waals surface area contributed by atoms with Crippen molar-refractivity contribution in [1.82, 2.24) is 0 Å². The molecule has 0 rings (SSSR count). The quantitative estimate of drug-likeness (QED) is 0.567. The summed E-state index contributed by atoms with van der Waals surface area (Å²) < 4.78 is 0. The van der Waals surface area contributed by atoms with Crippen LogP contribution in [0, 0.1) is 5.41 Å². The third-order valence-electron chi connectivity index (χ3n) is 1.53. The molecule has 0 saturated carbocycles. The van der Waals surface area contributed by atoms with Gasteiger partial charge in [-0.25, -0.2) is 0 Å². The lowest BCUT2D eigenvalue weighted by Gasteiger charge is -2.17. The molecule has 0 bridgehead atoms. The van der Waals surface area contributed by atoms with Gasteiger partial charge in [0.1, 0.15) is 0 Å². The Morgan fingerprint density at radius 1 is 1.10 bits per heavy atom. The van der Waals surface area contributed by atoms with Gasteiger partial charge in [0.2, 0.25) is 0 Å². The van der Waals surface area contributed by atoms with E-state index in [1.54, 1.807) is 0 Å². The van der Waals surface area contributed by atoms with Crippen LogP contribution in [-0.2, 0) is 0 Å². The maximum Gasteiger partial charge on any atom is -0.00703 e. The van der Waals surface area contributed by atoms with Crippen molar-refractivity contribution in [1.29, 1.82) is 0 Å². The molecule has 0 atom stereocenters. The van der Waals surface area contributed by atoms with Gasteiger partial charge in [0.05, 0.1) is 0 Å². The number of hydrogen-bond donors (Lipinski definition) is 0. The second-order valence-corrected chi connectivity index (χ2v) is 5.00. The summed E-state index contributed by atoms with van der Waals surface area (Å²) >= 11 is 1.95. The normalized spacial score (nSPS) is 12.0. The van der Waals surface area contributed by atoms with Gasteiger partial charge in [-0.3, -0.25) is 0 Å². The fourth-order valence-electron chi connectivity index (χ4n) is 0.902. The summed E-state index contributed by atoms with van der Waals surface area (Å²) in [5.74, 6) is 1.33. The van der Waals surface area contributed by atoms with E-state index >= 15 is 0 Å². The zero-order valence-electron chi connectivity index (χ0n) is 7.74. The smallest absolute Gasteiger partial charge is 0.00703 e. The van der Waals surface area contributed by atoms with E-state index in [4.69, 9.17) is 0 Å². The molecule has 0 aliphatic carbocycles. The lowest BCUT2D eigenvalue weighted by atomic mass is 9.90. The Labute approximate surface area is 69.8 Å². The fraction of sp³-hybridized carbons (Fsp3) is 1.00. The Balaban J connectivity index is 3.04. The van der Waals surface area contributed by atoms with Gasteiger partial charge in [-0.1, -0.05) is 27.2 Å². The molecule has 0 aliphatic heterocycles. The Morgan fingerprint density at radius 2 is 1.70 bits per heavy atom. The molecular weight excluding hydrogens is 140 g/mol. The first-order valence-corrected chi connectivity index (χ1v) is 5.44. The molecular formula is C9H20S. The zero-order valence-corrected chi connectivity index (χ0v) is 8.55. The highest BCUT2D eigenvalue weighted by molar-refractivity contribution is 7.98. The van der Waals surface area contributed by atoms with Gasteiger partial charge >= 0.3 is 0 Å². The van der Waals surface area contributed by atoms with Gasteiger partial charge in [0, 0.05) is 0 Å². The number of hydrogen-bond acceptors (Lipinski definition) is 1. The van der Waals surface area contributed by atoms with Crippen molar-refractivity contribution in [3.05, 3.63) is 0 Å². The average molecular weight is 160 g/mol. The SMILES string of the molecule is CSCCCCC(C)(C)C. The predicted octanol–water partition coefficient (Wildman–Crippen LogP) is 3.57. The first-order chi connectivity index (χ1) is 4.56. The molecule has 0 aliphatic rings. The van der Waals surface area contributed by atoms with Gasteiger partial charge in [-0.2, -0.15) is 11.8 Å². The predicted molar refractivity (Wildman–Crippen MR) is 51.7 cm³/mol. The van der Waals surface area contributed by atoms with Gasteiger partial charge < -0.3 is 0 Å². The first-order valence-electron chi connectivity index (χ1n) is 4.05. The molecule has 0 aromatic carbocycles. The molecule has 0 aromatic heterocycles. The summed E-state index contributed by atoms with van der Waals surface area (Å²) in [6.07, 6.45) is 6.33. The molecule has 0 aromatic rings. The standard InChI is InChI=1S/C9H20S/c1-9(2,3)7-5-6-8-10-4/h5-8H2,1-4H3. The number of rotatable bonds is 4. The van der Waals surface area contributed by atoms with Crippen molar-refractivity contribution < 1.29 is 0 Å².